The van der Waals surface area contributed by atoms with E-state index in [1.54, 1.807) is 12.3 Å². The van der Waals surface area contributed by atoms with Crippen molar-refractivity contribution in [3.05, 3.63) is 41.7 Å². The summed E-state index contributed by atoms with van der Waals surface area (Å²) >= 11 is 0. The van der Waals surface area contributed by atoms with Gasteiger partial charge in [-0.05, 0) is 47.2 Å². The van der Waals surface area contributed by atoms with Crippen molar-refractivity contribution >= 4 is 25.7 Å². The zero-order valence-electron chi connectivity index (χ0n) is 17.3. The molecule has 2 aliphatic rings. The van der Waals surface area contributed by atoms with Crippen LogP contribution in [0.2, 0.25) is 0 Å². The fraction of sp³-hybridized carbons (Fsp3) is 0.333. The Morgan fingerprint density at radius 1 is 1.15 bits per heavy atom. The zero-order valence-corrected chi connectivity index (χ0v) is 18.9. The molecule has 0 radical (unpaired) electrons. The van der Waals surface area contributed by atoms with Crippen molar-refractivity contribution in [2.24, 2.45) is 5.14 Å². The number of hydrogen-bond donors (Lipinski definition) is 4. The van der Waals surface area contributed by atoms with Crippen LogP contribution in [0.25, 0.3) is 11.4 Å². The van der Waals surface area contributed by atoms with E-state index in [1.165, 1.54) is 6.07 Å². The third kappa shape index (κ3) is 4.08. The molecule has 174 valence electrons. The minimum Gasteiger partial charge on any atom is -0.361 e. The number of nitrogens with zero attached hydrogens (tertiary/aromatic N) is 5. The number of tetrazole rings is 1. The van der Waals surface area contributed by atoms with E-state index in [-0.39, 0.29) is 17.4 Å². The number of benzene rings is 1. The smallest absolute Gasteiger partial charge is 0.242 e. The maximum absolute atomic E-state index is 13.2. The van der Waals surface area contributed by atoms with Gasteiger partial charge in [-0.3, -0.25) is 4.98 Å². The Balaban J connectivity index is 1.69. The molecule has 2 aromatic heterocycles. The molecular weight excluding hydrogens is 470 g/mol. The van der Waals surface area contributed by atoms with Crippen LogP contribution in [0.5, 0.6) is 0 Å². The molecule has 15 heteroatoms. The van der Waals surface area contributed by atoms with Crippen molar-refractivity contribution in [2.45, 2.75) is 35.3 Å². The number of H-pyrrole nitrogens is 1. The summed E-state index contributed by atoms with van der Waals surface area (Å²) in [6, 6.07) is 6.18. The molecule has 4 heterocycles. The normalized spacial score (nSPS) is 18.6. The van der Waals surface area contributed by atoms with Crippen LogP contribution in [0.3, 0.4) is 0 Å². The highest BCUT2D eigenvalue weighted by Gasteiger charge is 2.35. The van der Waals surface area contributed by atoms with Gasteiger partial charge in [-0.2, -0.15) is 0 Å². The van der Waals surface area contributed by atoms with Gasteiger partial charge in [0.2, 0.25) is 20.0 Å². The molecule has 2 aliphatic heterocycles. The van der Waals surface area contributed by atoms with Crippen LogP contribution in [0, 0.1) is 0 Å². The Morgan fingerprint density at radius 3 is 2.67 bits per heavy atom. The third-order valence-electron chi connectivity index (χ3n) is 5.66. The maximum Gasteiger partial charge on any atom is 0.242 e. The van der Waals surface area contributed by atoms with Crippen LogP contribution < -0.4 is 20.1 Å². The number of anilines is 1. The highest BCUT2D eigenvalue weighted by molar-refractivity contribution is 7.92. The molecule has 1 atom stereocenters. The van der Waals surface area contributed by atoms with Gasteiger partial charge in [0.05, 0.1) is 17.8 Å². The second kappa shape index (κ2) is 8.11. The molecule has 5 rings (SSSR count). The number of pyridine rings is 1. The molecule has 33 heavy (non-hydrogen) atoms. The summed E-state index contributed by atoms with van der Waals surface area (Å²) in [5.74, 6) is -0.0162. The zero-order chi connectivity index (χ0) is 23.2. The van der Waals surface area contributed by atoms with Crippen molar-refractivity contribution in [3.63, 3.8) is 0 Å². The summed E-state index contributed by atoms with van der Waals surface area (Å²) in [6.07, 6.45) is 2.26. The van der Waals surface area contributed by atoms with Crippen molar-refractivity contribution in [1.82, 2.24) is 35.6 Å². The second-order valence-electron chi connectivity index (χ2n) is 7.86. The van der Waals surface area contributed by atoms with E-state index in [0.29, 0.717) is 38.3 Å². The number of nitrogens with two attached hydrogens (primary N) is 1. The average Bonchev–Trinajstić information content (AvgIpc) is 3.52. The van der Waals surface area contributed by atoms with Crippen LogP contribution in [-0.2, 0) is 33.1 Å². The lowest BCUT2D eigenvalue weighted by Crippen LogP contribution is -2.37. The van der Waals surface area contributed by atoms with E-state index in [0.717, 1.165) is 11.3 Å². The lowest BCUT2D eigenvalue weighted by molar-refractivity contribution is 0.555. The molecule has 0 unspecified atom stereocenters. The summed E-state index contributed by atoms with van der Waals surface area (Å²) in [5.41, 5.74) is 2.21. The number of nitrogens with one attached hydrogen (secondary N) is 3. The Morgan fingerprint density at radius 2 is 2.00 bits per heavy atom. The van der Waals surface area contributed by atoms with Gasteiger partial charge >= 0.3 is 0 Å². The number of primary sulfonamides is 1. The minimum absolute atomic E-state index is 0.0114. The Kier molecular flexibility index (Phi) is 5.37. The second-order valence-corrected chi connectivity index (χ2v) is 11.0. The molecule has 0 amide bonds. The van der Waals surface area contributed by atoms with Gasteiger partial charge in [-0.1, -0.05) is 6.07 Å². The predicted octanol–water partition coefficient (Wildman–Crippen LogP) is -0.930. The van der Waals surface area contributed by atoms with Crippen LogP contribution in [0.1, 0.15) is 17.7 Å². The van der Waals surface area contributed by atoms with Crippen molar-refractivity contribution in [1.29, 1.82) is 0 Å². The molecule has 5 N–H and O–H groups in total. The lowest BCUT2D eigenvalue weighted by atomic mass is 10.1. The van der Waals surface area contributed by atoms with Crippen molar-refractivity contribution in [3.8, 4) is 11.4 Å². The first kappa shape index (κ1) is 21.8. The van der Waals surface area contributed by atoms with E-state index < -0.39 is 29.8 Å². The molecule has 1 aromatic carbocycles. The standard InChI is InChI=1S/C18H21N9O4S2/c19-32(28,29)17-15(33(30,31)24-12-5-7-20-8-12)4-3-14(16(17)18-22-25-26-23-18)27-9-11-2-1-6-21-13(11)10-27/h1-4,6,12,20,24H,5,7-10H2,(H2,19,28,29)(H,22,23,25,26)/t12-/m1/s1. The number of aromatic amines is 1. The van der Waals surface area contributed by atoms with Gasteiger partial charge in [0, 0.05) is 31.0 Å². The SMILES string of the molecule is NS(=O)(=O)c1c(S(=O)(=O)N[C@@H]2CCNC2)ccc(N2Cc3cccnc3C2)c1-c1nnn[nH]1. The summed E-state index contributed by atoms with van der Waals surface area (Å²) < 4.78 is 54.6. The van der Waals surface area contributed by atoms with Gasteiger partial charge < -0.3 is 10.2 Å². The largest absolute Gasteiger partial charge is 0.361 e. The predicted molar refractivity (Wildman–Crippen MR) is 117 cm³/mol. The molecule has 1 saturated heterocycles. The summed E-state index contributed by atoms with van der Waals surface area (Å²) in [4.78, 5) is 5.21. The van der Waals surface area contributed by atoms with Gasteiger partial charge in [-0.15, -0.1) is 5.10 Å². The highest BCUT2D eigenvalue weighted by atomic mass is 32.2. The van der Waals surface area contributed by atoms with Crippen LogP contribution in [0.4, 0.5) is 5.69 Å². The van der Waals surface area contributed by atoms with Gasteiger partial charge in [0.1, 0.15) is 9.79 Å². The van der Waals surface area contributed by atoms with Crippen LogP contribution in [0.15, 0.2) is 40.3 Å². The fourth-order valence-corrected chi connectivity index (χ4v) is 7.09. The topological polar surface area (TPSA) is 189 Å². The molecule has 1 fully saturated rings. The van der Waals surface area contributed by atoms with Crippen molar-refractivity contribution in [2.75, 3.05) is 18.0 Å². The molecule has 0 spiro atoms. The van der Waals surface area contributed by atoms with Crippen molar-refractivity contribution < 1.29 is 16.8 Å². The number of hydrogen-bond acceptors (Lipinski definition) is 10. The Bertz CT molecular complexity index is 1380. The highest BCUT2D eigenvalue weighted by Crippen LogP contribution is 2.40. The Labute approximate surface area is 189 Å². The quantitative estimate of drug-likeness (QED) is 0.335. The van der Waals surface area contributed by atoms with Gasteiger partial charge in [0.15, 0.2) is 5.82 Å². The molecular formula is C18H21N9O4S2. The third-order valence-corrected chi connectivity index (χ3v) is 8.35. The number of rotatable bonds is 6. The number of fused-ring (bicyclic) bond motifs is 1. The number of aromatic nitrogens is 5. The van der Waals surface area contributed by atoms with Gasteiger partial charge in [0.25, 0.3) is 0 Å². The van der Waals surface area contributed by atoms with E-state index in [1.807, 2.05) is 17.0 Å². The van der Waals surface area contributed by atoms with Crippen LogP contribution >= 0.6 is 0 Å². The molecule has 0 saturated carbocycles. The number of sulfonamides is 2. The lowest BCUT2D eigenvalue weighted by Gasteiger charge is -2.24. The first-order chi connectivity index (χ1) is 15.7. The molecule has 0 aliphatic carbocycles. The summed E-state index contributed by atoms with van der Waals surface area (Å²) in [7, 11) is -8.75. The molecule has 3 aromatic rings. The average molecular weight is 492 g/mol. The van der Waals surface area contributed by atoms with E-state index in [2.05, 4.69) is 35.6 Å². The summed E-state index contributed by atoms with van der Waals surface area (Å²) in [5, 5.41) is 22.1. The first-order valence-electron chi connectivity index (χ1n) is 10.1. The first-order valence-corrected chi connectivity index (χ1v) is 13.1. The molecule has 13 nitrogen and oxygen atoms in total. The fourth-order valence-electron chi connectivity index (χ4n) is 4.21. The van der Waals surface area contributed by atoms with E-state index in [4.69, 9.17) is 5.14 Å². The Hall–Kier alpha value is -2.98. The van der Waals surface area contributed by atoms with Gasteiger partial charge in [-0.25, -0.2) is 31.8 Å². The molecule has 0 bridgehead atoms. The monoisotopic (exact) mass is 491 g/mol. The minimum atomic E-state index is -4.52. The summed E-state index contributed by atoms with van der Waals surface area (Å²) in [6.45, 7) is 1.94. The van der Waals surface area contributed by atoms with E-state index in [9.17, 15) is 16.8 Å². The maximum atomic E-state index is 13.2. The van der Waals surface area contributed by atoms with E-state index >= 15 is 0 Å². The van der Waals surface area contributed by atoms with Crippen LogP contribution in [-0.4, -0.2) is 61.6 Å².